The number of hydrogen-bond donors (Lipinski definition) is 1. The van der Waals surface area contributed by atoms with E-state index in [1.54, 1.807) is 0 Å². The SMILES string of the molecule is CCN1CCCC1CNCc1cccc(OCc2ccccc2C)c1. The van der Waals surface area contributed by atoms with Crippen LogP contribution in [-0.2, 0) is 13.2 Å². The van der Waals surface area contributed by atoms with Gasteiger partial charge < -0.3 is 10.1 Å². The average molecular weight is 338 g/mol. The summed E-state index contributed by atoms with van der Waals surface area (Å²) in [5, 5.41) is 3.62. The quantitative estimate of drug-likeness (QED) is 0.782. The summed E-state index contributed by atoms with van der Waals surface area (Å²) in [6.45, 7) is 9.39. The van der Waals surface area contributed by atoms with Crippen molar-refractivity contribution in [3.8, 4) is 5.75 Å². The van der Waals surface area contributed by atoms with Crippen molar-refractivity contribution in [3.63, 3.8) is 0 Å². The van der Waals surface area contributed by atoms with Gasteiger partial charge in [-0.25, -0.2) is 0 Å². The lowest BCUT2D eigenvalue weighted by molar-refractivity contribution is 0.260. The molecule has 3 heteroatoms. The molecule has 1 unspecified atom stereocenters. The molecule has 0 amide bonds. The molecule has 0 spiro atoms. The lowest BCUT2D eigenvalue weighted by Gasteiger charge is -2.23. The summed E-state index contributed by atoms with van der Waals surface area (Å²) in [5.74, 6) is 0.943. The molecule has 0 radical (unpaired) electrons. The van der Waals surface area contributed by atoms with Gasteiger partial charge >= 0.3 is 0 Å². The zero-order chi connectivity index (χ0) is 17.5. The Labute approximate surface area is 152 Å². The molecular weight excluding hydrogens is 308 g/mol. The van der Waals surface area contributed by atoms with Crippen LogP contribution in [0.3, 0.4) is 0 Å². The number of nitrogens with zero attached hydrogens (tertiary/aromatic N) is 1. The minimum atomic E-state index is 0.622. The molecule has 134 valence electrons. The molecule has 3 nitrogen and oxygen atoms in total. The monoisotopic (exact) mass is 338 g/mol. The zero-order valence-corrected chi connectivity index (χ0v) is 15.5. The molecular formula is C22H30N2O. The summed E-state index contributed by atoms with van der Waals surface area (Å²) >= 11 is 0. The molecule has 1 heterocycles. The van der Waals surface area contributed by atoms with Crippen molar-refractivity contribution >= 4 is 0 Å². The number of rotatable bonds is 8. The van der Waals surface area contributed by atoms with Crippen LogP contribution in [0, 0.1) is 6.92 Å². The van der Waals surface area contributed by atoms with E-state index in [2.05, 4.69) is 66.5 Å². The van der Waals surface area contributed by atoms with Crippen LogP contribution in [0.15, 0.2) is 48.5 Å². The molecule has 1 N–H and O–H groups in total. The van der Waals surface area contributed by atoms with Crippen LogP contribution in [0.5, 0.6) is 5.75 Å². The predicted octanol–water partition coefficient (Wildman–Crippen LogP) is 4.15. The first-order valence-corrected chi connectivity index (χ1v) is 9.47. The first-order valence-electron chi connectivity index (χ1n) is 9.47. The molecule has 1 atom stereocenters. The number of nitrogens with one attached hydrogen (secondary N) is 1. The number of hydrogen-bond acceptors (Lipinski definition) is 3. The van der Waals surface area contributed by atoms with E-state index in [0.717, 1.165) is 25.4 Å². The largest absolute Gasteiger partial charge is 0.489 e. The Kier molecular flexibility index (Phi) is 6.48. The zero-order valence-electron chi connectivity index (χ0n) is 15.5. The van der Waals surface area contributed by atoms with E-state index in [1.807, 2.05) is 6.07 Å². The smallest absolute Gasteiger partial charge is 0.120 e. The van der Waals surface area contributed by atoms with Gasteiger partial charge in [0.15, 0.2) is 0 Å². The van der Waals surface area contributed by atoms with Crippen molar-refractivity contribution in [1.82, 2.24) is 10.2 Å². The first-order chi connectivity index (χ1) is 12.3. The van der Waals surface area contributed by atoms with Crippen LogP contribution in [0.2, 0.25) is 0 Å². The second-order valence-corrected chi connectivity index (χ2v) is 6.92. The number of likely N-dealkylation sites (tertiary alicyclic amines) is 1. The van der Waals surface area contributed by atoms with E-state index in [-0.39, 0.29) is 0 Å². The Morgan fingerprint density at radius 1 is 1.16 bits per heavy atom. The van der Waals surface area contributed by atoms with Crippen LogP contribution < -0.4 is 10.1 Å². The Morgan fingerprint density at radius 2 is 2.04 bits per heavy atom. The fraction of sp³-hybridized carbons (Fsp3) is 0.455. The minimum Gasteiger partial charge on any atom is -0.489 e. The molecule has 1 aliphatic heterocycles. The van der Waals surface area contributed by atoms with Crippen LogP contribution in [0.25, 0.3) is 0 Å². The van der Waals surface area contributed by atoms with Gasteiger partial charge in [-0.3, -0.25) is 4.90 Å². The van der Waals surface area contributed by atoms with E-state index in [4.69, 9.17) is 4.74 Å². The standard InChI is InChI=1S/C22H30N2O/c1-3-24-13-7-11-21(24)16-23-15-19-9-6-12-22(14-19)25-17-20-10-5-4-8-18(20)2/h4-6,8-10,12,14,21,23H,3,7,11,13,15-17H2,1-2H3. The van der Waals surface area contributed by atoms with Crippen LogP contribution in [0.4, 0.5) is 0 Å². The van der Waals surface area contributed by atoms with Crippen LogP contribution >= 0.6 is 0 Å². The minimum absolute atomic E-state index is 0.622. The molecule has 1 aliphatic rings. The maximum absolute atomic E-state index is 5.99. The van der Waals surface area contributed by atoms with Crippen molar-refractivity contribution < 1.29 is 4.74 Å². The summed E-state index contributed by atoms with van der Waals surface area (Å²) < 4.78 is 5.99. The van der Waals surface area contributed by atoms with Gasteiger partial charge in [-0.05, 0) is 61.7 Å². The highest BCUT2D eigenvalue weighted by Gasteiger charge is 2.21. The van der Waals surface area contributed by atoms with Gasteiger partial charge in [0.25, 0.3) is 0 Å². The lowest BCUT2D eigenvalue weighted by atomic mass is 10.1. The van der Waals surface area contributed by atoms with E-state index in [9.17, 15) is 0 Å². The van der Waals surface area contributed by atoms with Crippen molar-refractivity contribution in [2.75, 3.05) is 19.6 Å². The number of aryl methyl sites for hydroxylation is 1. The van der Waals surface area contributed by atoms with Crippen molar-refractivity contribution in [2.45, 2.75) is 45.9 Å². The van der Waals surface area contributed by atoms with E-state index in [0.29, 0.717) is 12.6 Å². The normalized spacial score (nSPS) is 17.8. The second-order valence-electron chi connectivity index (χ2n) is 6.92. The highest BCUT2D eigenvalue weighted by atomic mass is 16.5. The lowest BCUT2D eigenvalue weighted by Crippen LogP contribution is -2.37. The summed E-state index contributed by atoms with van der Waals surface area (Å²) in [4.78, 5) is 2.58. The average Bonchev–Trinajstić information content (AvgIpc) is 3.09. The summed E-state index contributed by atoms with van der Waals surface area (Å²) in [6.07, 6.45) is 2.66. The van der Waals surface area contributed by atoms with Gasteiger partial charge in [0.2, 0.25) is 0 Å². The fourth-order valence-corrected chi connectivity index (χ4v) is 3.60. The van der Waals surface area contributed by atoms with Crippen LogP contribution in [-0.4, -0.2) is 30.6 Å². The van der Waals surface area contributed by atoms with Gasteiger partial charge in [0, 0.05) is 19.1 Å². The topological polar surface area (TPSA) is 24.5 Å². The Morgan fingerprint density at radius 3 is 2.88 bits per heavy atom. The molecule has 0 aliphatic carbocycles. The Bertz CT molecular complexity index is 671. The van der Waals surface area contributed by atoms with E-state index in [1.165, 1.54) is 36.1 Å². The van der Waals surface area contributed by atoms with Crippen molar-refractivity contribution in [3.05, 3.63) is 65.2 Å². The van der Waals surface area contributed by atoms with Crippen molar-refractivity contribution in [2.24, 2.45) is 0 Å². The highest BCUT2D eigenvalue weighted by Crippen LogP contribution is 2.18. The first kappa shape index (κ1) is 18.0. The molecule has 0 bridgehead atoms. The summed E-state index contributed by atoms with van der Waals surface area (Å²) in [5.41, 5.74) is 3.80. The Balaban J connectivity index is 1.49. The molecule has 1 saturated heterocycles. The maximum atomic E-state index is 5.99. The number of ether oxygens (including phenoxy) is 1. The van der Waals surface area contributed by atoms with Gasteiger partial charge in [-0.15, -0.1) is 0 Å². The molecule has 2 aromatic rings. The van der Waals surface area contributed by atoms with Crippen molar-refractivity contribution in [1.29, 1.82) is 0 Å². The summed E-state index contributed by atoms with van der Waals surface area (Å²) in [6, 6.07) is 17.5. The maximum Gasteiger partial charge on any atom is 0.120 e. The third kappa shape index (κ3) is 5.07. The van der Waals surface area contributed by atoms with E-state index < -0.39 is 0 Å². The molecule has 2 aromatic carbocycles. The number of benzene rings is 2. The number of likely N-dealkylation sites (N-methyl/N-ethyl adjacent to an activating group) is 1. The second kappa shape index (κ2) is 9.02. The molecule has 0 aromatic heterocycles. The van der Waals surface area contributed by atoms with Gasteiger partial charge in [0.05, 0.1) is 0 Å². The molecule has 3 rings (SSSR count). The predicted molar refractivity (Wildman–Crippen MR) is 104 cm³/mol. The van der Waals surface area contributed by atoms with Gasteiger partial charge in [-0.1, -0.05) is 43.3 Å². The third-order valence-corrected chi connectivity index (χ3v) is 5.17. The highest BCUT2D eigenvalue weighted by molar-refractivity contribution is 5.30. The third-order valence-electron chi connectivity index (χ3n) is 5.17. The molecule has 25 heavy (non-hydrogen) atoms. The van der Waals surface area contributed by atoms with Gasteiger partial charge in [-0.2, -0.15) is 0 Å². The molecule has 1 fully saturated rings. The van der Waals surface area contributed by atoms with Gasteiger partial charge in [0.1, 0.15) is 12.4 Å². The van der Waals surface area contributed by atoms with E-state index >= 15 is 0 Å². The fourth-order valence-electron chi connectivity index (χ4n) is 3.60. The van der Waals surface area contributed by atoms with Crippen LogP contribution in [0.1, 0.15) is 36.5 Å². The summed E-state index contributed by atoms with van der Waals surface area (Å²) in [7, 11) is 0. The molecule has 0 saturated carbocycles. The Hall–Kier alpha value is -1.84.